The lowest BCUT2D eigenvalue weighted by molar-refractivity contribution is -0.117. The summed E-state index contributed by atoms with van der Waals surface area (Å²) in [6.07, 6.45) is 1.59. The second kappa shape index (κ2) is 9.35. The highest BCUT2D eigenvalue weighted by molar-refractivity contribution is 9.10. The summed E-state index contributed by atoms with van der Waals surface area (Å²) >= 11 is 3.58. The van der Waals surface area contributed by atoms with E-state index in [1.165, 1.54) is 5.56 Å². The first-order chi connectivity index (χ1) is 13.1. The maximum absolute atomic E-state index is 11.9. The van der Waals surface area contributed by atoms with Crippen LogP contribution < -0.4 is 15.0 Å². The van der Waals surface area contributed by atoms with E-state index in [0.717, 1.165) is 34.4 Å². The van der Waals surface area contributed by atoms with Crippen LogP contribution in [0.25, 0.3) is 0 Å². The molecule has 1 fully saturated rings. The quantitative estimate of drug-likeness (QED) is 0.665. The van der Waals surface area contributed by atoms with E-state index < -0.39 is 0 Å². The van der Waals surface area contributed by atoms with Crippen LogP contribution in [0.2, 0.25) is 0 Å². The molecule has 0 aliphatic carbocycles. The van der Waals surface area contributed by atoms with Gasteiger partial charge in [-0.15, -0.1) is 0 Å². The Kier molecular flexibility index (Phi) is 6.88. The zero-order valence-corrected chi connectivity index (χ0v) is 17.0. The minimum atomic E-state index is 0.00313. The number of aliphatic hydroxyl groups excluding tert-OH is 1. The van der Waals surface area contributed by atoms with E-state index in [-0.39, 0.29) is 18.6 Å². The molecule has 0 bridgehead atoms. The number of nitrogens with zero attached hydrogens (tertiary/aromatic N) is 1. The topological polar surface area (TPSA) is 61.8 Å². The minimum Gasteiger partial charge on any atom is -0.491 e. The molecule has 0 spiro atoms. The van der Waals surface area contributed by atoms with Crippen molar-refractivity contribution in [3.8, 4) is 5.75 Å². The number of carbonyl (C=O) groups is 1. The maximum atomic E-state index is 11.9. The summed E-state index contributed by atoms with van der Waals surface area (Å²) in [5.74, 6) is 0.949. The van der Waals surface area contributed by atoms with Crippen LogP contribution in [0.4, 0.5) is 5.69 Å². The molecule has 1 saturated heterocycles. The number of benzene rings is 2. The molecule has 2 aromatic carbocycles. The molecule has 5 nitrogen and oxygen atoms in total. The third-order valence-corrected chi connectivity index (χ3v) is 5.50. The van der Waals surface area contributed by atoms with E-state index >= 15 is 0 Å². The first-order valence-corrected chi connectivity index (χ1v) is 10.0. The van der Waals surface area contributed by atoms with Crippen molar-refractivity contribution in [3.63, 3.8) is 0 Å². The van der Waals surface area contributed by atoms with Crippen LogP contribution in [0.1, 0.15) is 36.9 Å². The normalized spacial score (nSPS) is 15.2. The van der Waals surface area contributed by atoms with Gasteiger partial charge in [0.25, 0.3) is 0 Å². The van der Waals surface area contributed by atoms with Crippen molar-refractivity contribution < 1.29 is 14.6 Å². The van der Waals surface area contributed by atoms with Crippen molar-refractivity contribution >= 4 is 27.5 Å². The highest BCUT2D eigenvalue weighted by atomic mass is 79.9. The van der Waals surface area contributed by atoms with E-state index in [0.29, 0.717) is 19.6 Å². The predicted octanol–water partition coefficient (Wildman–Crippen LogP) is 3.80. The van der Waals surface area contributed by atoms with Gasteiger partial charge in [0.15, 0.2) is 0 Å². The second-order valence-corrected chi connectivity index (χ2v) is 7.52. The van der Waals surface area contributed by atoms with E-state index in [2.05, 4.69) is 40.3 Å². The number of halogens is 1. The van der Waals surface area contributed by atoms with Crippen LogP contribution >= 0.6 is 15.9 Å². The molecule has 1 amide bonds. The molecule has 1 aliphatic heterocycles. The third-order valence-electron chi connectivity index (χ3n) is 4.76. The molecule has 1 aliphatic rings. The Bertz CT molecular complexity index is 779. The largest absolute Gasteiger partial charge is 0.491 e. The third kappa shape index (κ3) is 5.09. The number of hydrogen-bond donors (Lipinski definition) is 2. The van der Waals surface area contributed by atoms with Gasteiger partial charge in [0.2, 0.25) is 5.91 Å². The number of rotatable bonds is 8. The first-order valence-electron chi connectivity index (χ1n) is 9.24. The second-order valence-electron chi connectivity index (χ2n) is 6.67. The van der Waals surface area contributed by atoms with Gasteiger partial charge in [-0.2, -0.15) is 0 Å². The van der Waals surface area contributed by atoms with Crippen LogP contribution in [0.15, 0.2) is 46.9 Å². The zero-order valence-electron chi connectivity index (χ0n) is 15.5. The fraction of sp³-hybridized carbons (Fsp3) is 0.381. The fourth-order valence-electron chi connectivity index (χ4n) is 3.17. The number of aliphatic hydroxyl groups is 1. The highest BCUT2D eigenvalue weighted by Crippen LogP contribution is 2.26. The van der Waals surface area contributed by atoms with Gasteiger partial charge >= 0.3 is 0 Å². The van der Waals surface area contributed by atoms with Crippen LogP contribution in [-0.2, 0) is 11.3 Å². The van der Waals surface area contributed by atoms with Crippen molar-refractivity contribution in [2.75, 3.05) is 24.7 Å². The number of hydrogen-bond acceptors (Lipinski definition) is 4. The average molecular weight is 433 g/mol. The van der Waals surface area contributed by atoms with E-state index in [9.17, 15) is 4.79 Å². The van der Waals surface area contributed by atoms with Crippen LogP contribution in [0.3, 0.4) is 0 Å². The van der Waals surface area contributed by atoms with Gasteiger partial charge in [-0.1, -0.05) is 34.1 Å². The van der Waals surface area contributed by atoms with Crippen LogP contribution in [0, 0.1) is 0 Å². The lowest BCUT2D eigenvalue weighted by Gasteiger charge is -2.19. The van der Waals surface area contributed by atoms with Gasteiger partial charge in [-0.25, -0.2) is 0 Å². The summed E-state index contributed by atoms with van der Waals surface area (Å²) in [4.78, 5) is 13.7. The average Bonchev–Trinajstić information content (AvgIpc) is 3.11. The summed E-state index contributed by atoms with van der Waals surface area (Å²) in [5.41, 5.74) is 3.30. The van der Waals surface area contributed by atoms with E-state index in [1.54, 1.807) is 0 Å². The molecule has 144 valence electrons. The molecular formula is C21H25BrN2O3. The number of anilines is 1. The van der Waals surface area contributed by atoms with Gasteiger partial charge in [-0.3, -0.25) is 4.79 Å². The molecule has 27 heavy (non-hydrogen) atoms. The number of nitrogens with one attached hydrogen (secondary N) is 1. The standard InChI is InChI=1S/C21H25BrN2O3/c1-15(16-4-7-18(8-5-16)24-10-2-3-21(24)26)23-14-17-6-9-19(13-20(17)22)27-12-11-25/h4-9,13,15,23,25H,2-3,10-12,14H2,1H3. The Labute approximate surface area is 168 Å². The molecule has 6 heteroatoms. The number of carbonyl (C=O) groups excluding carboxylic acids is 1. The Balaban J connectivity index is 1.57. The number of amides is 1. The molecule has 0 saturated carbocycles. The van der Waals surface area contributed by atoms with Crippen molar-refractivity contribution in [2.45, 2.75) is 32.4 Å². The Hall–Kier alpha value is -1.89. The highest BCUT2D eigenvalue weighted by Gasteiger charge is 2.21. The summed E-state index contributed by atoms with van der Waals surface area (Å²) in [5, 5.41) is 12.4. The Morgan fingerprint density at radius 1 is 1.26 bits per heavy atom. The molecule has 3 rings (SSSR count). The summed E-state index contributed by atoms with van der Waals surface area (Å²) in [6, 6.07) is 14.2. The molecule has 0 radical (unpaired) electrons. The molecule has 2 aromatic rings. The minimum absolute atomic E-state index is 0.00313. The molecule has 2 N–H and O–H groups in total. The fourth-order valence-corrected chi connectivity index (χ4v) is 3.67. The number of ether oxygens (including phenoxy) is 1. The smallest absolute Gasteiger partial charge is 0.227 e. The Morgan fingerprint density at radius 3 is 2.67 bits per heavy atom. The van der Waals surface area contributed by atoms with Crippen LogP contribution in [0.5, 0.6) is 5.75 Å². The summed E-state index contributed by atoms with van der Waals surface area (Å²) in [7, 11) is 0. The van der Waals surface area contributed by atoms with Gasteiger partial charge < -0.3 is 20.1 Å². The predicted molar refractivity (Wildman–Crippen MR) is 110 cm³/mol. The van der Waals surface area contributed by atoms with Crippen molar-refractivity contribution in [2.24, 2.45) is 0 Å². The summed E-state index contributed by atoms with van der Waals surface area (Å²) in [6.45, 7) is 3.96. The Morgan fingerprint density at radius 2 is 2.04 bits per heavy atom. The molecular weight excluding hydrogens is 408 g/mol. The van der Waals surface area contributed by atoms with Gasteiger partial charge in [0.1, 0.15) is 12.4 Å². The van der Waals surface area contributed by atoms with Gasteiger partial charge in [0.05, 0.1) is 6.61 Å². The maximum Gasteiger partial charge on any atom is 0.227 e. The monoisotopic (exact) mass is 432 g/mol. The zero-order chi connectivity index (χ0) is 19.2. The van der Waals surface area contributed by atoms with Crippen molar-refractivity contribution in [3.05, 3.63) is 58.1 Å². The summed E-state index contributed by atoms with van der Waals surface area (Å²) < 4.78 is 6.39. The van der Waals surface area contributed by atoms with Gasteiger partial charge in [0, 0.05) is 35.7 Å². The SMILES string of the molecule is CC(NCc1ccc(OCCO)cc1Br)c1ccc(N2CCCC2=O)cc1. The van der Waals surface area contributed by atoms with Gasteiger partial charge in [-0.05, 0) is 48.7 Å². The lowest BCUT2D eigenvalue weighted by atomic mass is 10.1. The van der Waals surface area contributed by atoms with Crippen LogP contribution in [-0.4, -0.2) is 30.8 Å². The lowest BCUT2D eigenvalue weighted by Crippen LogP contribution is -2.23. The van der Waals surface area contributed by atoms with Crippen molar-refractivity contribution in [1.29, 1.82) is 0 Å². The molecule has 1 atom stereocenters. The van der Waals surface area contributed by atoms with E-state index in [1.807, 2.05) is 35.2 Å². The molecule has 1 heterocycles. The first kappa shape index (κ1) is 19.9. The van der Waals surface area contributed by atoms with E-state index in [4.69, 9.17) is 9.84 Å². The molecule has 1 unspecified atom stereocenters. The van der Waals surface area contributed by atoms with Crippen molar-refractivity contribution in [1.82, 2.24) is 5.32 Å². The molecule has 0 aromatic heterocycles.